The van der Waals surface area contributed by atoms with Crippen LogP contribution in [0, 0.1) is 18.8 Å². The van der Waals surface area contributed by atoms with Gasteiger partial charge in [0.2, 0.25) is 0 Å². The molecule has 1 fully saturated rings. The molecular weight excluding hydrogens is 452 g/mol. The molecule has 2 aromatic carbocycles. The number of allylic oxidation sites excluding steroid dienone is 6. The predicted octanol–water partition coefficient (Wildman–Crippen LogP) is 5.38. The van der Waals surface area contributed by atoms with E-state index < -0.39 is 0 Å². The van der Waals surface area contributed by atoms with E-state index in [1.165, 1.54) is 5.56 Å². The maximum absolute atomic E-state index is 11.4. The molecule has 2 aromatic rings. The third-order valence-electron chi connectivity index (χ3n) is 4.74. The Labute approximate surface area is 214 Å². The lowest BCUT2D eigenvalue weighted by Crippen LogP contribution is -2.10. The molecule has 1 atom stereocenters. The number of hydrogen-bond acceptors (Lipinski definition) is 5. The fourth-order valence-corrected chi connectivity index (χ4v) is 2.85. The minimum Gasteiger partial charge on any atom is -0.456 e. The highest BCUT2D eigenvalue weighted by atomic mass is 16.6. The lowest BCUT2D eigenvalue weighted by molar-refractivity contribution is -0.140. The molecule has 3 rings (SSSR count). The van der Waals surface area contributed by atoms with Crippen LogP contribution >= 0.6 is 0 Å². The Hall–Kier alpha value is -3.98. The number of methoxy groups -OCH3 is 1. The average Bonchev–Trinajstić information content (AvgIpc) is 3.26. The van der Waals surface area contributed by atoms with E-state index >= 15 is 0 Å². The molecule has 0 aromatic heterocycles. The molecule has 1 aliphatic heterocycles. The van der Waals surface area contributed by atoms with Crippen LogP contribution in [0.25, 0.3) is 0 Å². The number of carbonyl (C=O) groups is 2. The first-order valence-electron chi connectivity index (χ1n) is 11.4. The van der Waals surface area contributed by atoms with Gasteiger partial charge < -0.3 is 14.6 Å². The molecule has 36 heavy (non-hydrogen) atoms. The number of aryl methyl sites for hydroxylation is 1. The normalized spacial score (nSPS) is 15.6. The van der Waals surface area contributed by atoms with E-state index in [1.807, 2.05) is 55.5 Å². The number of cyclic esters (lactones) is 1. The summed E-state index contributed by atoms with van der Waals surface area (Å²) in [5.74, 6) is 5.81. The van der Waals surface area contributed by atoms with Gasteiger partial charge in [0.15, 0.2) is 0 Å². The van der Waals surface area contributed by atoms with Crippen molar-refractivity contribution in [1.29, 1.82) is 0 Å². The molecule has 0 radical (unpaired) electrons. The number of aldehydes is 1. The molecule has 1 unspecified atom stereocenters. The van der Waals surface area contributed by atoms with Gasteiger partial charge in [0.05, 0.1) is 6.61 Å². The lowest BCUT2D eigenvalue weighted by atomic mass is 10.1. The van der Waals surface area contributed by atoms with Crippen molar-refractivity contribution in [1.82, 2.24) is 0 Å². The second-order valence-corrected chi connectivity index (χ2v) is 7.73. The fraction of sp³-hybridized carbons (Fsp3) is 0.226. The minimum atomic E-state index is -0.389. The Balaban J connectivity index is 0.000000325. The van der Waals surface area contributed by atoms with Crippen molar-refractivity contribution >= 4 is 12.3 Å². The van der Waals surface area contributed by atoms with E-state index in [2.05, 4.69) is 30.1 Å². The van der Waals surface area contributed by atoms with Crippen LogP contribution in [0.5, 0.6) is 0 Å². The van der Waals surface area contributed by atoms with Crippen molar-refractivity contribution in [3.63, 3.8) is 0 Å². The molecule has 0 aliphatic carbocycles. The smallest absolute Gasteiger partial charge is 0.334 e. The van der Waals surface area contributed by atoms with Crippen molar-refractivity contribution in [2.45, 2.75) is 26.4 Å². The minimum absolute atomic E-state index is 0.128. The van der Waals surface area contributed by atoms with E-state index in [-0.39, 0.29) is 18.7 Å². The van der Waals surface area contributed by atoms with Crippen molar-refractivity contribution in [2.24, 2.45) is 0 Å². The molecule has 1 saturated heterocycles. The number of ether oxygens (including phenoxy) is 2. The number of esters is 1. The first kappa shape index (κ1) is 30.1. The summed E-state index contributed by atoms with van der Waals surface area (Å²) in [4.78, 5) is 21.9. The molecule has 1 heterocycles. The Kier molecular flexibility index (Phi) is 14.6. The molecule has 0 saturated carbocycles. The summed E-state index contributed by atoms with van der Waals surface area (Å²) >= 11 is 0. The highest BCUT2D eigenvalue weighted by Crippen LogP contribution is 2.21. The summed E-state index contributed by atoms with van der Waals surface area (Å²) in [6, 6.07) is 15.3. The molecule has 0 bridgehead atoms. The van der Waals surface area contributed by atoms with Crippen LogP contribution < -0.4 is 0 Å². The van der Waals surface area contributed by atoms with E-state index in [4.69, 9.17) is 9.84 Å². The third kappa shape index (κ3) is 11.4. The fourth-order valence-electron chi connectivity index (χ4n) is 2.85. The summed E-state index contributed by atoms with van der Waals surface area (Å²) in [5, 5.41) is 8.89. The summed E-state index contributed by atoms with van der Waals surface area (Å²) in [6.07, 6.45) is 9.91. The maximum Gasteiger partial charge on any atom is 0.334 e. The van der Waals surface area contributed by atoms with E-state index in [9.17, 15) is 9.59 Å². The summed E-state index contributed by atoms with van der Waals surface area (Å²) < 4.78 is 9.19. The Bertz CT molecular complexity index is 1120. The van der Waals surface area contributed by atoms with Gasteiger partial charge in [0.25, 0.3) is 0 Å². The number of carbonyl (C=O) groups excluding carboxylic acids is 2. The van der Waals surface area contributed by atoms with Gasteiger partial charge >= 0.3 is 5.97 Å². The van der Waals surface area contributed by atoms with Crippen LogP contribution in [0.15, 0.2) is 96.6 Å². The topological polar surface area (TPSA) is 72.8 Å². The van der Waals surface area contributed by atoms with Gasteiger partial charge in [0, 0.05) is 42.9 Å². The molecular formula is C31H34O5. The zero-order chi connectivity index (χ0) is 26.8. The van der Waals surface area contributed by atoms with Crippen molar-refractivity contribution in [2.75, 3.05) is 20.8 Å². The van der Waals surface area contributed by atoms with E-state index in [0.29, 0.717) is 17.6 Å². The van der Waals surface area contributed by atoms with E-state index in [1.54, 1.807) is 44.6 Å². The standard InChI is InChI=1S/C16H12O.C13H16O3.C2H6O/c1-13-2-4-14(5-3-13)6-7-15-8-10-16(12-17)11-9-15;1-3-5-6-10(4-2)7-11-8-12(9-14)16-13(11)15;1-3-2/h2-5,8-12H,1H3;3-7,12,14H,1,8-9H2,2H3;1-2H3/b;6-5-,10-4+,11-7-;. The van der Waals surface area contributed by atoms with Gasteiger partial charge in [0.1, 0.15) is 12.4 Å². The van der Waals surface area contributed by atoms with Gasteiger partial charge in [-0.25, -0.2) is 4.79 Å². The zero-order valence-corrected chi connectivity index (χ0v) is 21.4. The first-order valence-corrected chi connectivity index (χ1v) is 11.4. The largest absolute Gasteiger partial charge is 0.456 e. The van der Waals surface area contributed by atoms with Gasteiger partial charge in [-0.15, -0.1) is 0 Å². The molecule has 0 amide bonds. The molecule has 5 nitrogen and oxygen atoms in total. The molecule has 1 aliphatic rings. The Morgan fingerprint density at radius 1 is 1.11 bits per heavy atom. The van der Waals surface area contributed by atoms with Crippen molar-refractivity contribution in [3.05, 3.63) is 119 Å². The SMILES string of the molecule is C=C\C=C/C(/C=C1/CC(CO)OC1=O)=C\C.COC.Cc1ccc(C#Cc2ccc(C=O)cc2)cc1. The van der Waals surface area contributed by atoms with Crippen molar-refractivity contribution < 1.29 is 24.2 Å². The highest BCUT2D eigenvalue weighted by Gasteiger charge is 2.27. The number of aliphatic hydroxyl groups excluding tert-OH is 1. The average molecular weight is 487 g/mol. The lowest BCUT2D eigenvalue weighted by Gasteiger charge is -2.00. The van der Waals surface area contributed by atoms with Crippen LogP contribution in [0.3, 0.4) is 0 Å². The summed E-state index contributed by atoms with van der Waals surface area (Å²) in [7, 11) is 3.25. The van der Waals surface area contributed by atoms with Gasteiger partial charge in [-0.05, 0) is 49.8 Å². The second kappa shape index (κ2) is 17.5. The van der Waals surface area contributed by atoms with Gasteiger partial charge in [-0.2, -0.15) is 0 Å². The van der Waals surface area contributed by atoms with E-state index in [0.717, 1.165) is 23.0 Å². The summed E-state index contributed by atoms with van der Waals surface area (Å²) in [5.41, 5.74) is 5.33. The van der Waals surface area contributed by atoms with Crippen LogP contribution in [0.2, 0.25) is 0 Å². The van der Waals surface area contributed by atoms with Crippen molar-refractivity contribution in [3.8, 4) is 11.8 Å². The second-order valence-electron chi connectivity index (χ2n) is 7.73. The predicted molar refractivity (Wildman–Crippen MR) is 145 cm³/mol. The molecule has 5 heteroatoms. The number of rotatable bonds is 5. The highest BCUT2D eigenvalue weighted by molar-refractivity contribution is 5.91. The number of benzene rings is 2. The number of aliphatic hydroxyl groups is 1. The monoisotopic (exact) mass is 486 g/mol. The maximum atomic E-state index is 11.4. The number of hydrogen-bond donors (Lipinski definition) is 1. The van der Waals surface area contributed by atoms with Crippen LogP contribution in [-0.4, -0.2) is 44.3 Å². The van der Waals surface area contributed by atoms with Gasteiger partial charge in [-0.1, -0.05) is 72.6 Å². The van der Waals surface area contributed by atoms with Gasteiger partial charge in [-0.3, -0.25) is 4.79 Å². The molecule has 1 N–H and O–H groups in total. The Morgan fingerprint density at radius 2 is 1.67 bits per heavy atom. The molecule has 188 valence electrons. The third-order valence-corrected chi connectivity index (χ3v) is 4.74. The molecule has 0 spiro atoms. The first-order chi connectivity index (χ1) is 17.4. The quantitative estimate of drug-likeness (QED) is 0.202. The Morgan fingerprint density at radius 3 is 2.11 bits per heavy atom. The zero-order valence-electron chi connectivity index (χ0n) is 21.4. The summed E-state index contributed by atoms with van der Waals surface area (Å²) in [6.45, 7) is 7.39. The van der Waals surface area contributed by atoms with Crippen LogP contribution in [-0.2, 0) is 14.3 Å². The van der Waals surface area contributed by atoms with Crippen LogP contribution in [0.1, 0.15) is 40.4 Å². The van der Waals surface area contributed by atoms with Crippen LogP contribution in [0.4, 0.5) is 0 Å².